The number of pyridine rings is 1. The Morgan fingerprint density at radius 2 is 1.90 bits per heavy atom. The smallest absolute Gasteiger partial charge is 0.123 e. The SMILES string of the molecule is Cc1nn(-c2ccc(F)cc2)c2c1CC1C(=C2)CCC2C1=CCCC2c1ccccn1. The zero-order chi connectivity index (χ0) is 20.9. The molecule has 1 saturated carbocycles. The van der Waals surface area contributed by atoms with E-state index in [1.165, 1.54) is 47.5 Å². The van der Waals surface area contributed by atoms with Crippen LogP contribution in [0.3, 0.4) is 0 Å². The summed E-state index contributed by atoms with van der Waals surface area (Å²) in [6, 6.07) is 13.0. The summed E-state index contributed by atoms with van der Waals surface area (Å²) in [5, 5.41) is 4.84. The number of fused-ring (bicyclic) bond motifs is 4. The van der Waals surface area contributed by atoms with Gasteiger partial charge in [0.25, 0.3) is 0 Å². The fourth-order valence-corrected chi connectivity index (χ4v) is 6.00. The van der Waals surface area contributed by atoms with E-state index >= 15 is 0 Å². The third-order valence-corrected chi connectivity index (χ3v) is 7.46. The van der Waals surface area contributed by atoms with Crippen molar-refractivity contribution in [2.24, 2.45) is 11.8 Å². The van der Waals surface area contributed by atoms with Gasteiger partial charge in [0.15, 0.2) is 0 Å². The fraction of sp³-hybridized carbons (Fsp3) is 0.333. The number of aryl methyl sites for hydroxylation is 1. The third kappa shape index (κ3) is 3.08. The average molecular weight is 412 g/mol. The van der Waals surface area contributed by atoms with E-state index in [4.69, 9.17) is 10.1 Å². The molecule has 3 unspecified atom stereocenters. The highest BCUT2D eigenvalue weighted by Gasteiger charge is 2.40. The fourth-order valence-electron chi connectivity index (χ4n) is 6.00. The maximum absolute atomic E-state index is 13.4. The number of nitrogens with zero attached hydrogens (tertiary/aromatic N) is 3. The van der Waals surface area contributed by atoms with E-state index in [0.717, 1.165) is 30.6 Å². The van der Waals surface area contributed by atoms with Crippen LogP contribution in [0, 0.1) is 24.6 Å². The first-order chi connectivity index (χ1) is 15.2. The van der Waals surface area contributed by atoms with Crippen LogP contribution in [0.1, 0.15) is 54.2 Å². The van der Waals surface area contributed by atoms with Crippen LogP contribution in [0.4, 0.5) is 4.39 Å². The Labute approximate surface area is 182 Å². The number of rotatable bonds is 2. The first-order valence-corrected chi connectivity index (χ1v) is 11.3. The van der Waals surface area contributed by atoms with E-state index in [1.807, 2.05) is 29.1 Å². The molecule has 0 saturated heterocycles. The van der Waals surface area contributed by atoms with Gasteiger partial charge in [0.2, 0.25) is 0 Å². The van der Waals surface area contributed by atoms with Crippen molar-refractivity contribution in [3.05, 3.63) is 94.3 Å². The Morgan fingerprint density at radius 3 is 2.71 bits per heavy atom. The van der Waals surface area contributed by atoms with Crippen LogP contribution >= 0.6 is 0 Å². The van der Waals surface area contributed by atoms with Gasteiger partial charge in [-0.25, -0.2) is 9.07 Å². The van der Waals surface area contributed by atoms with Crippen LogP contribution in [0.15, 0.2) is 65.9 Å². The highest BCUT2D eigenvalue weighted by molar-refractivity contribution is 5.63. The van der Waals surface area contributed by atoms with Gasteiger partial charge >= 0.3 is 0 Å². The summed E-state index contributed by atoms with van der Waals surface area (Å²) in [5.41, 5.74) is 8.91. The number of hydrogen-bond acceptors (Lipinski definition) is 2. The standard InChI is InChI=1S/C27H26FN3/c1-17-24-16-25-18(15-27(24)31(30-17)20-11-9-19(28)10-12-20)8-13-22-21(25)5-4-6-23(22)26-7-2-3-14-29-26/h2-3,5,7,9-12,14-15,22-23,25H,4,6,8,13,16H2,1H3. The van der Waals surface area contributed by atoms with Crippen molar-refractivity contribution in [1.82, 2.24) is 14.8 Å². The molecule has 0 spiro atoms. The lowest BCUT2D eigenvalue weighted by Crippen LogP contribution is -2.31. The average Bonchev–Trinajstić information content (AvgIpc) is 3.14. The molecular weight excluding hydrogens is 385 g/mol. The summed E-state index contributed by atoms with van der Waals surface area (Å²) >= 11 is 0. The molecule has 3 nitrogen and oxygen atoms in total. The van der Waals surface area contributed by atoms with E-state index in [9.17, 15) is 4.39 Å². The molecule has 6 rings (SSSR count). The summed E-state index contributed by atoms with van der Waals surface area (Å²) in [6.45, 7) is 2.10. The molecule has 0 aliphatic heterocycles. The van der Waals surface area contributed by atoms with Gasteiger partial charge in [-0.3, -0.25) is 4.98 Å². The Kier molecular flexibility index (Phi) is 4.41. The quantitative estimate of drug-likeness (QED) is 0.471. The van der Waals surface area contributed by atoms with Gasteiger partial charge in [0.05, 0.1) is 17.1 Å². The molecule has 3 aliphatic carbocycles. The summed E-state index contributed by atoms with van der Waals surface area (Å²) in [7, 11) is 0. The molecule has 4 heteroatoms. The number of allylic oxidation sites excluding steroid dienone is 3. The van der Waals surface area contributed by atoms with E-state index in [0.29, 0.717) is 17.8 Å². The van der Waals surface area contributed by atoms with E-state index in [2.05, 4.69) is 31.2 Å². The number of aromatic nitrogens is 3. The molecular formula is C27H26FN3. The molecule has 3 atom stereocenters. The van der Waals surface area contributed by atoms with Gasteiger partial charge < -0.3 is 0 Å². The lowest BCUT2D eigenvalue weighted by atomic mass is 9.62. The van der Waals surface area contributed by atoms with Crippen molar-refractivity contribution in [2.45, 2.75) is 44.9 Å². The lowest BCUT2D eigenvalue weighted by Gasteiger charge is -2.42. The molecule has 3 aliphatic rings. The van der Waals surface area contributed by atoms with Gasteiger partial charge in [0, 0.05) is 29.3 Å². The summed E-state index contributed by atoms with van der Waals surface area (Å²) < 4.78 is 15.4. The maximum atomic E-state index is 13.4. The molecule has 0 bridgehead atoms. The Morgan fingerprint density at radius 1 is 1.03 bits per heavy atom. The first kappa shape index (κ1) is 18.7. The third-order valence-electron chi connectivity index (χ3n) is 7.46. The topological polar surface area (TPSA) is 30.7 Å². The molecule has 156 valence electrons. The predicted molar refractivity (Wildman–Crippen MR) is 120 cm³/mol. The van der Waals surface area contributed by atoms with E-state index < -0.39 is 0 Å². The van der Waals surface area contributed by atoms with Crippen molar-refractivity contribution in [2.75, 3.05) is 0 Å². The van der Waals surface area contributed by atoms with Gasteiger partial charge in [-0.05, 0) is 87.4 Å². The second-order valence-corrected chi connectivity index (χ2v) is 9.10. The minimum atomic E-state index is -0.218. The predicted octanol–water partition coefficient (Wildman–Crippen LogP) is 6.18. The second kappa shape index (κ2) is 7.30. The van der Waals surface area contributed by atoms with Crippen molar-refractivity contribution < 1.29 is 4.39 Å². The Bertz CT molecular complexity index is 1190. The second-order valence-electron chi connectivity index (χ2n) is 9.10. The van der Waals surface area contributed by atoms with Gasteiger partial charge in [-0.15, -0.1) is 0 Å². The minimum absolute atomic E-state index is 0.218. The molecule has 0 radical (unpaired) electrons. The molecule has 2 heterocycles. The van der Waals surface area contributed by atoms with E-state index in [-0.39, 0.29) is 5.82 Å². The number of benzene rings is 1. The number of hydrogen-bond donors (Lipinski definition) is 0. The summed E-state index contributed by atoms with van der Waals surface area (Å²) in [4.78, 5) is 4.71. The maximum Gasteiger partial charge on any atom is 0.123 e. The molecule has 0 amide bonds. The molecule has 3 aromatic rings. The largest absolute Gasteiger partial charge is 0.261 e. The van der Waals surface area contributed by atoms with Crippen LogP contribution in [0.2, 0.25) is 0 Å². The van der Waals surface area contributed by atoms with Crippen molar-refractivity contribution >= 4 is 6.08 Å². The number of halogens is 1. The minimum Gasteiger partial charge on any atom is -0.261 e. The van der Waals surface area contributed by atoms with Crippen LogP contribution in [-0.2, 0) is 6.42 Å². The summed E-state index contributed by atoms with van der Waals surface area (Å²) in [5.74, 6) is 1.40. The van der Waals surface area contributed by atoms with Gasteiger partial charge in [-0.2, -0.15) is 5.10 Å². The first-order valence-electron chi connectivity index (χ1n) is 11.3. The van der Waals surface area contributed by atoms with Gasteiger partial charge in [-0.1, -0.05) is 23.3 Å². The normalized spacial score (nSPS) is 24.5. The molecule has 0 N–H and O–H groups in total. The monoisotopic (exact) mass is 411 g/mol. The molecule has 1 fully saturated rings. The van der Waals surface area contributed by atoms with Crippen LogP contribution < -0.4 is 0 Å². The molecule has 2 aromatic heterocycles. The van der Waals surface area contributed by atoms with Crippen LogP contribution in [0.25, 0.3) is 11.8 Å². The molecule has 31 heavy (non-hydrogen) atoms. The zero-order valence-electron chi connectivity index (χ0n) is 17.8. The molecule has 1 aromatic carbocycles. The van der Waals surface area contributed by atoms with Crippen LogP contribution in [0.5, 0.6) is 0 Å². The van der Waals surface area contributed by atoms with E-state index in [1.54, 1.807) is 5.57 Å². The summed E-state index contributed by atoms with van der Waals surface area (Å²) in [6.07, 6.45) is 12.5. The Hall–Kier alpha value is -3.01. The van der Waals surface area contributed by atoms with Crippen molar-refractivity contribution in [1.29, 1.82) is 0 Å². The van der Waals surface area contributed by atoms with Crippen LogP contribution in [-0.4, -0.2) is 14.8 Å². The zero-order valence-corrected chi connectivity index (χ0v) is 17.8. The lowest BCUT2D eigenvalue weighted by molar-refractivity contribution is 0.341. The highest BCUT2D eigenvalue weighted by Crippen LogP contribution is 2.51. The highest BCUT2D eigenvalue weighted by atomic mass is 19.1. The van der Waals surface area contributed by atoms with Gasteiger partial charge in [0.1, 0.15) is 5.82 Å². The Balaban J connectivity index is 1.37. The van der Waals surface area contributed by atoms with Crippen molar-refractivity contribution in [3.63, 3.8) is 0 Å². The van der Waals surface area contributed by atoms with Crippen molar-refractivity contribution in [3.8, 4) is 5.69 Å².